The second-order valence-electron chi connectivity index (χ2n) is 7.92. The molecule has 0 saturated carbocycles. The first-order valence-corrected chi connectivity index (χ1v) is 10.3. The number of ether oxygens (including phenoxy) is 2. The Morgan fingerprint density at radius 1 is 0.931 bits per heavy atom. The fourth-order valence-electron chi connectivity index (χ4n) is 4.02. The fourth-order valence-corrected chi connectivity index (χ4v) is 4.02. The largest absolute Gasteiger partial charge is 0.493 e. The topological polar surface area (TPSA) is 42.0 Å². The second kappa shape index (κ2) is 9.79. The Balaban J connectivity index is 1.67. The Morgan fingerprint density at radius 3 is 2.17 bits per heavy atom. The standard InChI is InChI=1S/C24H32N2O3/c1-18(2)23(20-10-11-21(28-3)22(16-20)29-4)24(27)26-14-12-25(13-15-26)17-19-8-6-5-7-9-19/h5-11,16,18,23H,12-15,17H2,1-4H3. The molecule has 1 unspecified atom stereocenters. The van der Waals surface area contributed by atoms with E-state index in [1.807, 2.05) is 29.2 Å². The maximum absolute atomic E-state index is 13.4. The van der Waals surface area contributed by atoms with E-state index in [2.05, 4.69) is 43.0 Å². The van der Waals surface area contributed by atoms with Crippen molar-refractivity contribution < 1.29 is 14.3 Å². The van der Waals surface area contributed by atoms with Crippen LogP contribution in [0.1, 0.15) is 30.9 Å². The number of carbonyl (C=O) groups excluding carboxylic acids is 1. The number of carbonyl (C=O) groups is 1. The van der Waals surface area contributed by atoms with Gasteiger partial charge in [0.2, 0.25) is 5.91 Å². The van der Waals surface area contributed by atoms with Crippen LogP contribution in [0.5, 0.6) is 11.5 Å². The van der Waals surface area contributed by atoms with Crippen LogP contribution in [0.2, 0.25) is 0 Å². The maximum atomic E-state index is 13.4. The first kappa shape index (κ1) is 21.2. The highest BCUT2D eigenvalue weighted by molar-refractivity contribution is 5.84. The van der Waals surface area contributed by atoms with E-state index in [0.717, 1.165) is 38.3 Å². The van der Waals surface area contributed by atoms with Gasteiger partial charge in [-0.1, -0.05) is 50.2 Å². The summed E-state index contributed by atoms with van der Waals surface area (Å²) in [5.41, 5.74) is 2.30. The van der Waals surface area contributed by atoms with E-state index in [9.17, 15) is 4.79 Å². The molecule has 2 aromatic rings. The summed E-state index contributed by atoms with van der Waals surface area (Å²) in [5.74, 6) is 1.56. The van der Waals surface area contributed by atoms with Crippen molar-refractivity contribution in [2.45, 2.75) is 26.3 Å². The third-order valence-electron chi connectivity index (χ3n) is 5.63. The van der Waals surface area contributed by atoms with E-state index in [1.54, 1.807) is 14.2 Å². The molecule has 1 atom stereocenters. The van der Waals surface area contributed by atoms with Gasteiger partial charge in [0.05, 0.1) is 20.1 Å². The monoisotopic (exact) mass is 396 g/mol. The summed E-state index contributed by atoms with van der Waals surface area (Å²) < 4.78 is 10.8. The summed E-state index contributed by atoms with van der Waals surface area (Å²) in [6.07, 6.45) is 0. The molecule has 0 radical (unpaired) electrons. The van der Waals surface area contributed by atoms with Crippen LogP contribution >= 0.6 is 0 Å². The van der Waals surface area contributed by atoms with Crippen molar-refractivity contribution in [3.05, 3.63) is 59.7 Å². The van der Waals surface area contributed by atoms with Crippen molar-refractivity contribution in [3.63, 3.8) is 0 Å². The highest BCUT2D eigenvalue weighted by Gasteiger charge is 2.31. The fraction of sp³-hybridized carbons (Fsp3) is 0.458. The van der Waals surface area contributed by atoms with E-state index in [4.69, 9.17) is 9.47 Å². The zero-order valence-corrected chi connectivity index (χ0v) is 17.9. The van der Waals surface area contributed by atoms with E-state index in [0.29, 0.717) is 11.5 Å². The number of piperazine rings is 1. The number of benzene rings is 2. The Bertz CT molecular complexity index is 799. The van der Waals surface area contributed by atoms with Gasteiger partial charge in [0.25, 0.3) is 0 Å². The second-order valence-corrected chi connectivity index (χ2v) is 7.92. The molecule has 2 aromatic carbocycles. The van der Waals surface area contributed by atoms with Gasteiger partial charge in [-0.25, -0.2) is 0 Å². The minimum absolute atomic E-state index is 0.185. The summed E-state index contributed by atoms with van der Waals surface area (Å²) >= 11 is 0. The molecule has 0 N–H and O–H groups in total. The molecule has 0 spiro atoms. The Labute approximate surface area is 174 Å². The molecule has 5 nitrogen and oxygen atoms in total. The molecule has 1 fully saturated rings. The molecule has 1 aliphatic rings. The molecule has 1 aliphatic heterocycles. The van der Waals surface area contributed by atoms with Crippen LogP contribution < -0.4 is 9.47 Å². The summed E-state index contributed by atoms with van der Waals surface area (Å²) in [6.45, 7) is 8.47. The maximum Gasteiger partial charge on any atom is 0.230 e. The average molecular weight is 397 g/mol. The summed E-state index contributed by atoms with van der Waals surface area (Å²) in [5, 5.41) is 0. The van der Waals surface area contributed by atoms with E-state index in [-0.39, 0.29) is 17.7 Å². The summed E-state index contributed by atoms with van der Waals surface area (Å²) in [6, 6.07) is 16.3. The molecule has 5 heteroatoms. The predicted octanol–water partition coefficient (Wildman–Crippen LogP) is 3.79. The molecule has 156 valence electrons. The van der Waals surface area contributed by atoms with Crippen molar-refractivity contribution in [1.29, 1.82) is 0 Å². The molecular weight excluding hydrogens is 364 g/mol. The molecule has 0 bridgehead atoms. The van der Waals surface area contributed by atoms with Crippen molar-refractivity contribution in [2.24, 2.45) is 5.92 Å². The van der Waals surface area contributed by atoms with E-state index < -0.39 is 0 Å². The van der Waals surface area contributed by atoms with E-state index >= 15 is 0 Å². The molecule has 29 heavy (non-hydrogen) atoms. The number of methoxy groups -OCH3 is 2. The third kappa shape index (κ3) is 5.10. The number of amides is 1. The van der Waals surface area contributed by atoms with Gasteiger partial charge >= 0.3 is 0 Å². The molecule has 1 heterocycles. The van der Waals surface area contributed by atoms with E-state index in [1.165, 1.54) is 5.56 Å². The Kier molecular flexibility index (Phi) is 7.15. The number of nitrogens with zero attached hydrogens (tertiary/aromatic N) is 2. The van der Waals surface area contributed by atoms with Crippen molar-refractivity contribution in [1.82, 2.24) is 9.80 Å². The SMILES string of the molecule is COc1ccc(C(C(=O)N2CCN(Cc3ccccc3)CC2)C(C)C)cc1OC. The van der Waals surface area contributed by atoms with Gasteiger partial charge in [-0.05, 0) is 29.2 Å². The first-order valence-electron chi connectivity index (χ1n) is 10.3. The molecule has 0 aliphatic carbocycles. The number of rotatable bonds is 7. The van der Waals surface area contributed by atoms with Crippen molar-refractivity contribution in [3.8, 4) is 11.5 Å². The first-order chi connectivity index (χ1) is 14.0. The summed E-state index contributed by atoms with van der Waals surface area (Å²) in [7, 11) is 3.25. The molecule has 0 aromatic heterocycles. The van der Waals surface area contributed by atoms with Gasteiger partial charge in [-0.2, -0.15) is 0 Å². The van der Waals surface area contributed by atoms with Crippen molar-refractivity contribution >= 4 is 5.91 Å². The number of hydrogen-bond acceptors (Lipinski definition) is 4. The van der Waals surface area contributed by atoms with Crippen LogP contribution in [0.4, 0.5) is 0 Å². The van der Waals surface area contributed by atoms with Crippen LogP contribution in [-0.4, -0.2) is 56.1 Å². The Hall–Kier alpha value is -2.53. The Morgan fingerprint density at radius 2 is 1.59 bits per heavy atom. The smallest absolute Gasteiger partial charge is 0.230 e. The summed E-state index contributed by atoms with van der Waals surface area (Å²) in [4.78, 5) is 17.8. The highest BCUT2D eigenvalue weighted by atomic mass is 16.5. The lowest BCUT2D eigenvalue weighted by Gasteiger charge is -2.37. The van der Waals surface area contributed by atoms with Crippen LogP contribution in [0.15, 0.2) is 48.5 Å². The van der Waals surface area contributed by atoms with Gasteiger partial charge in [-0.15, -0.1) is 0 Å². The van der Waals surface area contributed by atoms with Crippen LogP contribution in [-0.2, 0) is 11.3 Å². The molecule has 3 rings (SSSR count). The van der Waals surface area contributed by atoms with Gasteiger partial charge in [0.15, 0.2) is 11.5 Å². The number of hydrogen-bond donors (Lipinski definition) is 0. The molecule has 1 amide bonds. The quantitative estimate of drug-likeness (QED) is 0.714. The highest BCUT2D eigenvalue weighted by Crippen LogP contribution is 2.34. The average Bonchev–Trinajstić information content (AvgIpc) is 2.74. The van der Waals surface area contributed by atoms with Crippen LogP contribution in [0, 0.1) is 5.92 Å². The van der Waals surface area contributed by atoms with Crippen LogP contribution in [0.3, 0.4) is 0 Å². The van der Waals surface area contributed by atoms with Gasteiger partial charge in [0, 0.05) is 32.7 Å². The minimum Gasteiger partial charge on any atom is -0.493 e. The zero-order chi connectivity index (χ0) is 20.8. The molecular formula is C24H32N2O3. The van der Waals surface area contributed by atoms with Gasteiger partial charge < -0.3 is 14.4 Å². The lowest BCUT2D eigenvalue weighted by molar-refractivity contribution is -0.135. The predicted molar refractivity (Wildman–Crippen MR) is 115 cm³/mol. The lowest BCUT2D eigenvalue weighted by atomic mass is 9.86. The van der Waals surface area contributed by atoms with Crippen molar-refractivity contribution in [2.75, 3.05) is 40.4 Å². The van der Waals surface area contributed by atoms with Gasteiger partial charge in [0.1, 0.15) is 0 Å². The minimum atomic E-state index is -0.185. The van der Waals surface area contributed by atoms with Crippen LogP contribution in [0.25, 0.3) is 0 Å². The lowest BCUT2D eigenvalue weighted by Crippen LogP contribution is -2.50. The van der Waals surface area contributed by atoms with Gasteiger partial charge in [-0.3, -0.25) is 9.69 Å². The zero-order valence-electron chi connectivity index (χ0n) is 17.9. The normalized spacial score (nSPS) is 16.0. The molecule has 1 saturated heterocycles. The third-order valence-corrected chi connectivity index (χ3v) is 5.63.